The number of benzene rings is 2. The number of aromatic nitrogens is 1. The average Bonchev–Trinajstić information content (AvgIpc) is 3.05. The molecule has 0 aliphatic carbocycles. The number of nitrogens with one attached hydrogen (secondary N) is 1. The van der Waals surface area contributed by atoms with Gasteiger partial charge in [0.2, 0.25) is 0 Å². The predicted octanol–water partition coefficient (Wildman–Crippen LogP) is 3.49. The van der Waals surface area contributed by atoms with Crippen LogP contribution in [0.25, 0.3) is 10.9 Å². The number of ketones is 1. The Morgan fingerprint density at radius 2 is 1.75 bits per heavy atom. The molecule has 1 aliphatic rings. The van der Waals surface area contributed by atoms with Crippen LogP contribution in [0.4, 0.5) is 0 Å². The highest BCUT2D eigenvalue weighted by Gasteiger charge is 2.22. The SMILES string of the molecule is COc1ccc2[nH]c(C)c(C(=O)CN3CCN(Cc4ccccc4)CC3)c2c1. The highest BCUT2D eigenvalue weighted by molar-refractivity contribution is 6.10. The molecule has 4 rings (SSSR count). The fourth-order valence-corrected chi connectivity index (χ4v) is 4.02. The van der Waals surface area contributed by atoms with Crippen molar-refractivity contribution in [1.29, 1.82) is 0 Å². The Kier molecular flexibility index (Phi) is 5.46. The minimum Gasteiger partial charge on any atom is -0.497 e. The topological polar surface area (TPSA) is 48.6 Å². The monoisotopic (exact) mass is 377 g/mol. The van der Waals surface area contributed by atoms with Crippen LogP contribution in [0.2, 0.25) is 0 Å². The number of piperazine rings is 1. The van der Waals surface area contributed by atoms with Gasteiger partial charge in [-0.2, -0.15) is 0 Å². The number of aromatic amines is 1. The van der Waals surface area contributed by atoms with Gasteiger partial charge in [0.05, 0.1) is 13.7 Å². The molecule has 1 fully saturated rings. The predicted molar refractivity (Wildman–Crippen MR) is 112 cm³/mol. The summed E-state index contributed by atoms with van der Waals surface area (Å²) in [6.45, 7) is 7.23. The van der Waals surface area contributed by atoms with Gasteiger partial charge in [-0.1, -0.05) is 30.3 Å². The second-order valence-corrected chi connectivity index (χ2v) is 7.50. The highest BCUT2D eigenvalue weighted by Crippen LogP contribution is 2.27. The number of fused-ring (bicyclic) bond motifs is 1. The van der Waals surface area contributed by atoms with Crippen molar-refractivity contribution >= 4 is 16.7 Å². The van der Waals surface area contributed by atoms with Crippen LogP contribution in [0.3, 0.4) is 0 Å². The lowest BCUT2D eigenvalue weighted by atomic mass is 10.1. The minimum absolute atomic E-state index is 0.175. The average molecular weight is 377 g/mol. The molecule has 0 saturated carbocycles. The Morgan fingerprint density at radius 1 is 1.04 bits per heavy atom. The maximum atomic E-state index is 13.1. The van der Waals surface area contributed by atoms with Gasteiger partial charge in [-0.25, -0.2) is 0 Å². The number of Topliss-reactive ketones (excluding diaryl/α,β-unsaturated/α-hetero) is 1. The maximum Gasteiger partial charge on any atom is 0.179 e. The van der Waals surface area contributed by atoms with Crippen LogP contribution in [0, 0.1) is 6.92 Å². The van der Waals surface area contributed by atoms with E-state index in [1.807, 2.05) is 25.1 Å². The van der Waals surface area contributed by atoms with Crippen LogP contribution in [0.15, 0.2) is 48.5 Å². The molecule has 0 spiro atoms. The molecule has 5 heteroatoms. The van der Waals surface area contributed by atoms with Gasteiger partial charge >= 0.3 is 0 Å². The van der Waals surface area contributed by atoms with Gasteiger partial charge < -0.3 is 9.72 Å². The number of aryl methyl sites for hydroxylation is 1. The number of methoxy groups -OCH3 is 1. The van der Waals surface area contributed by atoms with Crippen molar-refractivity contribution in [2.45, 2.75) is 13.5 Å². The van der Waals surface area contributed by atoms with Crippen molar-refractivity contribution in [3.8, 4) is 5.75 Å². The van der Waals surface area contributed by atoms with Crippen LogP contribution in [-0.4, -0.2) is 60.4 Å². The number of hydrogen-bond donors (Lipinski definition) is 1. The van der Waals surface area contributed by atoms with Gasteiger partial charge in [0.25, 0.3) is 0 Å². The number of rotatable bonds is 6. The summed E-state index contributed by atoms with van der Waals surface area (Å²) in [6.07, 6.45) is 0. The first-order valence-electron chi connectivity index (χ1n) is 9.82. The first kappa shape index (κ1) is 18.7. The molecule has 1 N–H and O–H groups in total. The van der Waals surface area contributed by atoms with Gasteiger partial charge in [-0.05, 0) is 30.7 Å². The van der Waals surface area contributed by atoms with E-state index in [4.69, 9.17) is 4.74 Å². The fraction of sp³-hybridized carbons (Fsp3) is 0.348. The fourth-order valence-electron chi connectivity index (χ4n) is 4.02. The van der Waals surface area contributed by atoms with Crippen molar-refractivity contribution in [3.63, 3.8) is 0 Å². The molecule has 0 amide bonds. The Bertz CT molecular complexity index is 957. The molecule has 0 atom stereocenters. The Morgan fingerprint density at radius 3 is 2.46 bits per heavy atom. The van der Waals surface area contributed by atoms with E-state index in [1.54, 1.807) is 7.11 Å². The molecule has 0 radical (unpaired) electrons. The van der Waals surface area contributed by atoms with Crippen molar-refractivity contribution < 1.29 is 9.53 Å². The summed E-state index contributed by atoms with van der Waals surface area (Å²) in [4.78, 5) is 21.1. The zero-order chi connectivity index (χ0) is 19.5. The quantitative estimate of drug-likeness (QED) is 0.668. The van der Waals surface area contributed by atoms with Crippen LogP contribution in [-0.2, 0) is 6.54 Å². The summed E-state index contributed by atoms with van der Waals surface area (Å²) in [6, 6.07) is 16.4. The standard InChI is InChI=1S/C23H27N3O2/c1-17-23(20-14-19(28-2)8-9-21(20)24-17)22(27)16-26-12-10-25(11-13-26)15-18-6-4-3-5-7-18/h3-9,14,24H,10-13,15-16H2,1-2H3. The molecule has 0 bridgehead atoms. The first-order chi connectivity index (χ1) is 13.6. The third-order valence-corrected chi connectivity index (χ3v) is 5.55. The van der Waals surface area contributed by atoms with E-state index in [2.05, 4.69) is 45.1 Å². The maximum absolute atomic E-state index is 13.1. The van der Waals surface area contributed by atoms with Gasteiger partial charge in [-0.15, -0.1) is 0 Å². The summed E-state index contributed by atoms with van der Waals surface area (Å²) in [7, 11) is 1.65. The number of carbonyl (C=O) groups is 1. The Hall–Kier alpha value is -2.63. The number of ether oxygens (including phenoxy) is 1. The molecule has 5 nitrogen and oxygen atoms in total. The van der Waals surface area contributed by atoms with Crippen molar-refractivity contribution in [3.05, 3.63) is 65.4 Å². The molecule has 2 heterocycles. The summed E-state index contributed by atoms with van der Waals surface area (Å²) < 4.78 is 5.34. The van der Waals surface area contributed by atoms with E-state index in [0.717, 1.165) is 60.6 Å². The van der Waals surface area contributed by atoms with Gasteiger partial charge in [0.15, 0.2) is 5.78 Å². The molecule has 3 aromatic rings. The molecule has 2 aromatic carbocycles. The summed E-state index contributed by atoms with van der Waals surface area (Å²) in [5.74, 6) is 0.948. The summed E-state index contributed by atoms with van der Waals surface area (Å²) in [5.41, 5.74) is 4.04. The molecule has 1 aliphatic heterocycles. The second kappa shape index (κ2) is 8.17. The smallest absolute Gasteiger partial charge is 0.179 e. The molecule has 28 heavy (non-hydrogen) atoms. The Balaban J connectivity index is 1.40. The molecular formula is C23H27N3O2. The lowest BCUT2D eigenvalue weighted by molar-refractivity contribution is 0.0845. The number of H-pyrrole nitrogens is 1. The number of hydrogen-bond acceptors (Lipinski definition) is 4. The summed E-state index contributed by atoms with van der Waals surface area (Å²) in [5, 5.41) is 0.949. The van der Waals surface area contributed by atoms with Gasteiger partial charge in [0.1, 0.15) is 5.75 Å². The van der Waals surface area contributed by atoms with Crippen LogP contribution < -0.4 is 4.74 Å². The van der Waals surface area contributed by atoms with Gasteiger partial charge in [-0.3, -0.25) is 14.6 Å². The normalized spacial score (nSPS) is 15.8. The second-order valence-electron chi connectivity index (χ2n) is 7.50. The van der Waals surface area contributed by atoms with E-state index >= 15 is 0 Å². The number of nitrogens with zero attached hydrogens (tertiary/aromatic N) is 2. The van der Waals surface area contributed by atoms with E-state index in [0.29, 0.717) is 6.54 Å². The molecule has 146 valence electrons. The lowest BCUT2D eigenvalue weighted by Crippen LogP contribution is -2.47. The van der Waals surface area contributed by atoms with Crippen LogP contribution >= 0.6 is 0 Å². The first-order valence-corrected chi connectivity index (χ1v) is 9.82. The van der Waals surface area contributed by atoms with E-state index < -0.39 is 0 Å². The van der Waals surface area contributed by atoms with Crippen molar-refractivity contribution in [2.75, 3.05) is 39.8 Å². The third kappa shape index (κ3) is 3.96. The third-order valence-electron chi connectivity index (χ3n) is 5.55. The molecule has 1 aromatic heterocycles. The van der Waals surface area contributed by atoms with Crippen molar-refractivity contribution in [2.24, 2.45) is 0 Å². The number of carbonyl (C=O) groups excluding carboxylic acids is 1. The van der Waals surface area contributed by atoms with Gasteiger partial charge in [0, 0.05) is 54.9 Å². The molecular weight excluding hydrogens is 350 g/mol. The van der Waals surface area contributed by atoms with E-state index in [9.17, 15) is 4.79 Å². The van der Waals surface area contributed by atoms with Crippen LogP contribution in [0.5, 0.6) is 5.75 Å². The zero-order valence-corrected chi connectivity index (χ0v) is 16.6. The molecule has 0 unspecified atom stereocenters. The highest BCUT2D eigenvalue weighted by atomic mass is 16.5. The lowest BCUT2D eigenvalue weighted by Gasteiger charge is -2.34. The zero-order valence-electron chi connectivity index (χ0n) is 16.6. The van der Waals surface area contributed by atoms with E-state index in [1.165, 1.54) is 5.56 Å². The summed E-state index contributed by atoms with van der Waals surface area (Å²) >= 11 is 0. The molecule has 1 saturated heterocycles. The largest absolute Gasteiger partial charge is 0.497 e. The Labute approximate surface area is 165 Å². The minimum atomic E-state index is 0.175. The van der Waals surface area contributed by atoms with Crippen molar-refractivity contribution in [1.82, 2.24) is 14.8 Å². The van der Waals surface area contributed by atoms with Crippen LogP contribution in [0.1, 0.15) is 21.6 Å². The van der Waals surface area contributed by atoms with E-state index in [-0.39, 0.29) is 5.78 Å².